The molecule has 3 aromatic carbocycles. The van der Waals surface area contributed by atoms with Crippen LogP contribution in [0.25, 0.3) is 16.9 Å². The molecule has 206 valence electrons. The number of amides is 1. The van der Waals surface area contributed by atoms with Crippen LogP contribution in [0.1, 0.15) is 21.6 Å². The van der Waals surface area contributed by atoms with E-state index in [0.717, 1.165) is 34.9 Å². The summed E-state index contributed by atoms with van der Waals surface area (Å²) < 4.78 is 7.11. The maximum atomic E-state index is 13.8. The summed E-state index contributed by atoms with van der Waals surface area (Å²) in [5.41, 5.74) is 4.05. The number of carbonyl (C=O) groups is 2. The minimum Gasteiger partial charge on any atom is -0.505 e. The fourth-order valence-electron chi connectivity index (χ4n) is 5.15. The molecule has 2 aliphatic heterocycles. The van der Waals surface area contributed by atoms with Gasteiger partial charge < -0.3 is 15.2 Å². The Morgan fingerprint density at radius 2 is 1.80 bits per heavy atom. The van der Waals surface area contributed by atoms with Gasteiger partial charge in [-0.25, -0.2) is 4.68 Å². The first-order valence-corrected chi connectivity index (χ1v) is 14.3. The number of hydrogen-bond donors (Lipinski definition) is 2. The molecule has 10 heteroatoms. The standard InChI is InChI=1S/C31H27N5O4S/c32-17-23(31(39)33-25-11-6-7-20(29(25)37)18-35-13-15-40-16-14-35)30(38)27-24-19-41-26-12-5-4-10-22(26)28(24)36(34-27)21-8-2-1-3-9-21/h1-12,23,37H,13-16,18-19H2,(H,33,39). The van der Waals surface area contributed by atoms with Gasteiger partial charge in [-0.05, 0) is 24.3 Å². The number of ketones is 1. The summed E-state index contributed by atoms with van der Waals surface area (Å²) >= 11 is 1.59. The van der Waals surface area contributed by atoms with Crippen LogP contribution in [0.2, 0.25) is 0 Å². The number of hydrogen-bond acceptors (Lipinski definition) is 8. The SMILES string of the molecule is N#CC(C(=O)Nc1cccc(CN2CCOCC2)c1O)C(=O)c1nn(-c2ccccc2)c2c1CSc1ccccc1-2. The quantitative estimate of drug-likeness (QED) is 0.189. The van der Waals surface area contributed by atoms with Crippen LogP contribution in [-0.2, 0) is 21.8 Å². The van der Waals surface area contributed by atoms with Crippen LogP contribution >= 0.6 is 11.8 Å². The van der Waals surface area contributed by atoms with Crippen molar-refractivity contribution in [1.29, 1.82) is 5.26 Å². The van der Waals surface area contributed by atoms with Gasteiger partial charge in [0.15, 0.2) is 5.92 Å². The average molecular weight is 566 g/mol. The molecule has 1 amide bonds. The van der Waals surface area contributed by atoms with Gasteiger partial charge >= 0.3 is 0 Å². The van der Waals surface area contributed by atoms with Crippen molar-refractivity contribution in [1.82, 2.24) is 14.7 Å². The molecule has 1 atom stereocenters. The van der Waals surface area contributed by atoms with E-state index in [9.17, 15) is 20.0 Å². The number of aromatic nitrogens is 2. The minimum atomic E-state index is -1.65. The van der Waals surface area contributed by atoms with Gasteiger partial charge in [0, 0.05) is 47.0 Å². The van der Waals surface area contributed by atoms with Crippen molar-refractivity contribution < 1.29 is 19.4 Å². The first kappa shape index (κ1) is 26.8. The number of ether oxygens (including phenoxy) is 1. The Balaban J connectivity index is 1.30. The zero-order valence-electron chi connectivity index (χ0n) is 22.1. The van der Waals surface area contributed by atoms with Crippen LogP contribution in [-0.4, -0.2) is 57.8 Å². The van der Waals surface area contributed by atoms with Crippen LogP contribution in [0.5, 0.6) is 5.75 Å². The molecule has 4 aromatic rings. The Morgan fingerprint density at radius 3 is 2.59 bits per heavy atom. The zero-order valence-corrected chi connectivity index (χ0v) is 22.9. The number of nitrogens with one attached hydrogen (secondary N) is 1. The maximum absolute atomic E-state index is 13.8. The summed E-state index contributed by atoms with van der Waals surface area (Å²) in [6.07, 6.45) is 0. The molecule has 2 aliphatic rings. The average Bonchev–Trinajstić information content (AvgIpc) is 3.41. The molecule has 0 saturated carbocycles. The van der Waals surface area contributed by atoms with Crippen molar-refractivity contribution in [2.24, 2.45) is 5.92 Å². The van der Waals surface area contributed by atoms with Gasteiger partial charge in [-0.15, -0.1) is 11.8 Å². The molecule has 0 spiro atoms. The Kier molecular flexibility index (Phi) is 7.57. The van der Waals surface area contributed by atoms with Crippen LogP contribution < -0.4 is 5.32 Å². The molecule has 9 nitrogen and oxygen atoms in total. The summed E-state index contributed by atoms with van der Waals surface area (Å²) in [6, 6.07) is 24.3. The topological polar surface area (TPSA) is 120 Å². The van der Waals surface area contributed by atoms with E-state index in [1.54, 1.807) is 34.6 Å². The van der Waals surface area contributed by atoms with Crippen molar-refractivity contribution in [3.05, 3.63) is 89.6 Å². The smallest absolute Gasteiger partial charge is 0.249 e. The van der Waals surface area contributed by atoms with Gasteiger partial charge in [-0.2, -0.15) is 10.4 Å². The molecule has 0 aliphatic carbocycles. The van der Waals surface area contributed by atoms with Crippen LogP contribution in [0.4, 0.5) is 5.69 Å². The van der Waals surface area contributed by atoms with E-state index < -0.39 is 17.6 Å². The number of fused-ring (bicyclic) bond motifs is 3. The first-order chi connectivity index (χ1) is 20.0. The van der Waals surface area contributed by atoms with Gasteiger partial charge in [-0.3, -0.25) is 14.5 Å². The molecular weight excluding hydrogens is 538 g/mol. The summed E-state index contributed by atoms with van der Waals surface area (Å²) in [5.74, 6) is -2.76. The van der Waals surface area contributed by atoms with Crippen LogP contribution in [0.15, 0.2) is 77.7 Å². The number of thioether (sulfide) groups is 1. The number of benzene rings is 3. The third-order valence-corrected chi connectivity index (χ3v) is 8.36. The molecule has 1 aromatic heterocycles. The number of nitrogens with zero attached hydrogens (tertiary/aromatic N) is 4. The summed E-state index contributed by atoms with van der Waals surface area (Å²) in [7, 11) is 0. The summed E-state index contributed by atoms with van der Waals surface area (Å²) in [5, 5.41) is 28.2. The third-order valence-electron chi connectivity index (χ3n) is 7.26. The lowest BCUT2D eigenvalue weighted by atomic mass is 9.97. The molecule has 2 N–H and O–H groups in total. The number of morpholine rings is 1. The predicted octanol–water partition coefficient (Wildman–Crippen LogP) is 4.64. The van der Waals surface area contributed by atoms with Gasteiger partial charge in [-0.1, -0.05) is 48.5 Å². The fourth-order valence-corrected chi connectivity index (χ4v) is 6.22. The lowest BCUT2D eigenvalue weighted by Crippen LogP contribution is -2.35. The minimum absolute atomic E-state index is 0.0878. The van der Waals surface area contributed by atoms with Crippen molar-refractivity contribution in [2.75, 3.05) is 31.6 Å². The molecule has 0 bridgehead atoms. The monoisotopic (exact) mass is 565 g/mol. The second-order valence-electron chi connectivity index (χ2n) is 9.83. The number of phenols is 1. The number of rotatable bonds is 7. The van der Waals surface area contributed by atoms with E-state index in [1.807, 2.05) is 60.7 Å². The largest absolute Gasteiger partial charge is 0.505 e. The van der Waals surface area contributed by atoms with Crippen molar-refractivity contribution >= 4 is 29.1 Å². The highest BCUT2D eigenvalue weighted by molar-refractivity contribution is 7.98. The molecule has 0 radical (unpaired) electrons. The maximum Gasteiger partial charge on any atom is 0.249 e. The van der Waals surface area contributed by atoms with Crippen molar-refractivity contribution in [3.63, 3.8) is 0 Å². The molecule has 1 unspecified atom stereocenters. The number of Topliss-reactive ketones (excluding diaryl/α,β-unsaturated/α-hetero) is 1. The number of anilines is 1. The molecule has 41 heavy (non-hydrogen) atoms. The van der Waals surface area contributed by atoms with Crippen molar-refractivity contribution in [2.45, 2.75) is 17.2 Å². The van der Waals surface area contributed by atoms with Crippen LogP contribution in [0, 0.1) is 17.2 Å². The van der Waals surface area contributed by atoms with E-state index in [2.05, 4.69) is 15.3 Å². The number of carbonyl (C=O) groups excluding carboxylic acids is 2. The Morgan fingerprint density at radius 1 is 1.05 bits per heavy atom. The number of phenolic OH excluding ortho intramolecular Hbond substituents is 1. The van der Waals surface area contributed by atoms with Gasteiger partial charge in [0.1, 0.15) is 11.4 Å². The number of para-hydroxylation sites is 2. The number of nitriles is 1. The predicted molar refractivity (Wildman–Crippen MR) is 155 cm³/mol. The van der Waals surface area contributed by atoms with Gasteiger partial charge in [0.05, 0.1) is 36.4 Å². The second kappa shape index (κ2) is 11.6. The van der Waals surface area contributed by atoms with E-state index in [-0.39, 0.29) is 17.1 Å². The van der Waals surface area contributed by atoms with Gasteiger partial charge in [0.25, 0.3) is 0 Å². The van der Waals surface area contributed by atoms with E-state index in [0.29, 0.717) is 36.6 Å². The Hall–Kier alpha value is -4.43. The van der Waals surface area contributed by atoms with Crippen LogP contribution in [0.3, 0.4) is 0 Å². The summed E-state index contributed by atoms with van der Waals surface area (Å²) in [6.45, 7) is 3.21. The molecule has 6 rings (SSSR count). The highest BCUT2D eigenvalue weighted by Crippen LogP contribution is 2.44. The Labute approximate surface area is 241 Å². The van der Waals surface area contributed by atoms with Crippen molar-refractivity contribution in [3.8, 4) is 28.8 Å². The third kappa shape index (κ3) is 5.23. The Bertz CT molecular complexity index is 1660. The highest BCUT2D eigenvalue weighted by Gasteiger charge is 2.36. The highest BCUT2D eigenvalue weighted by atomic mass is 32.2. The number of aromatic hydroxyl groups is 1. The van der Waals surface area contributed by atoms with E-state index in [4.69, 9.17) is 4.74 Å². The zero-order chi connectivity index (χ0) is 28.3. The molecule has 1 saturated heterocycles. The molecule has 3 heterocycles. The molecular formula is C31H27N5O4S. The molecule has 1 fully saturated rings. The lowest BCUT2D eigenvalue weighted by Gasteiger charge is -2.27. The lowest BCUT2D eigenvalue weighted by molar-refractivity contribution is -0.117. The van der Waals surface area contributed by atoms with E-state index in [1.165, 1.54) is 0 Å². The van der Waals surface area contributed by atoms with Gasteiger partial charge in [0.2, 0.25) is 11.7 Å². The summed E-state index contributed by atoms with van der Waals surface area (Å²) in [4.78, 5) is 30.3. The fraction of sp³-hybridized carbons (Fsp3) is 0.226. The second-order valence-corrected chi connectivity index (χ2v) is 10.8. The normalized spacial score (nSPS) is 15.3. The van der Waals surface area contributed by atoms with E-state index >= 15 is 0 Å². The first-order valence-electron chi connectivity index (χ1n) is 13.3.